The summed E-state index contributed by atoms with van der Waals surface area (Å²) in [6.07, 6.45) is 12.2. The van der Waals surface area contributed by atoms with Gasteiger partial charge in [0.1, 0.15) is 0 Å². The van der Waals surface area contributed by atoms with E-state index in [1.807, 2.05) is 0 Å². The van der Waals surface area contributed by atoms with Crippen LogP contribution in [-0.2, 0) is 4.74 Å². The third-order valence-electron chi connectivity index (χ3n) is 4.15. The molecule has 0 radical (unpaired) electrons. The first-order valence-corrected chi connectivity index (χ1v) is 6.96. The molecule has 2 unspecified atom stereocenters. The van der Waals surface area contributed by atoms with Crippen LogP contribution in [0.1, 0.15) is 57.8 Å². The molecule has 3 nitrogen and oxygen atoms in total. The van der Waals surface area contributed by atoms with Crippen molar-refractivity contribution in [3.63, 3.8) is 0 Å². The summed E-state index contributed by atoms with van der Waals surface area (Å²) in [5.74, 6) is 6.57. The number of nitrogens with two attached hydrogens (primary N) is 1. The van der Waals surface area contributed by atoms with E-state index in [0.29, 0.717) is 12.1 Å². The van der Waals surface area contributed by atoms with Crippen molar-refractivity contribution in [3.05, 3.63) is 0 Å². The average Bonchev–Trinajstić information content (AvgIpc) is 2.82. The first kappa shape index (κ1) is 12.3. The van der Waals surface area contributed by atoms with Crippen LogP contribution in [0.15, 0.2) is 0 Å². The highest BCUT2D eigenvalue weighted by Crippen LogP contribution is 2.30. The second-order valence-electron chi connectivity index (χ2n) is 5.47. The van der Waals surface area contributed by atoms with Crippen molar-refractivity contribution in [1.29, 1.82) is 0 Å². The molecule has 3 heteroatoms. The van der Waals surface area contributed by atoms with Crippen LogP contribution < -0.4 is 11.3 Å². The van der Waals surface area contributed by atoms with Crippen LogP contribution in [-0.4, -0.2) is 18.8 Å². The molecule has 1 saturated heterocycles. The molecule has 0 spiro atoms. The molecule has 2 fully saturated rings. The molecule has 0 aromatic carbocycles. The molecule has 2 rings (SSSR count). The molecule has 0 aromatic rings. The Hall–Kier alpha value is -0.120. The zero-order valence-corrected chi connectivity index (χ0v) is 10.3. The van der Waals surface area contributed by atoms with E-state index in [0.717, 1.165) is 18.9 Å². The summed E-state index contributed by atoms with van der Waals surface area (Å²) in [4.78, 5) is 0. The Bertz CT molecular complexity index is 186. The zero-order valence-electron chi connectivity index (χ0n) is 10.3. The molecule has 2 atom stereocenters. The number of ether oxygens (including phenoxy) is 1. The van der Waals surface area contributed by atoms with Crippen LogP contribution in [0.3, 0.4) is 0 Å². The molecule has 1 aliphatic carbocycles. The number of hydrogen-bond donors (Lipinski definition) is 2. The standard InChI is InChI=1S/C13H26N2O/c14-15-12(9-11-5-1-2-6-11)10-13-7-3-4-8-16-13/h11-13,15H,1-10,14H2. The second kappa shape index (κ2) is 6.58. The largest absolute Gasteiger partial charge is 0.378 e. The molecule has 94 valence electrons. The zero-order chi connectivity index (χ0) is 11.2. The molecule has 0 amide bonds. The second-order valence-corrected chi connectivity index (χ2v) is 5.47. The summed E-state index contributed by atoms with van der Waals surface area (Å²) in [5.41, 5.74) is 3.00. The Morgan fingerprint density at radius 3 is 2.44 bits per heavy atom. The van der Waals surface area contributed by atoms with E-state index in [4.69, 9.17) is 10.6 Å². The lowest BCUT2D eigenvalue weighted by Crippen LogP contribution is -2.40. The van der Waals surface area contributed by atoms with Gasteiger partial charge in [-0.15, -0.1) is 0 Å². The lowest BCUT2D eigenvalue weighted by molar-refractivity contribution is 0.00374. The fourth-order valence-electron chi connectivity index (χ4n) is 3.19. The predicted octanol–water partition coefficient (Wildman–Crippen LogP) is 2.36. The first-order valence-electron chi connectivity index (χ1n) is 6.96. The van der Waals surface area contributed by atoms with Gasteiger partial charge < -0.3 is 4.74 Å². The third kappa shape index (κ3) is 3.72. The highest BCUT2D eigenvalue weighted by atomic mass is 16.5. The highest BCUT2D eigenvalue weighted by molar-refractivity contribution is 4.78. The summed E-state index contributed by atoms with van der Waals surface area (Å²) in [5, 5.41) is 0. The molecule has 16 heavy (non-hydrogen) atoms. The number of nitrogens with one attached hydrogen (secondary N) is 1. The van der Waals surface area contributed by atoms with Crippen molar-refractivity contribution >= 4 is 0 Å². The van der Waals surface area contributed by atoms with Crippen molar-refractivity contribution < 1.29 is 4.74 Å². The van der Waals surface area contributed by atoms with Gasteiger partial charge in [0.15, 0.2) is 0 Å². The molecule has 1 saturated carbocycles. The normalized spacial score (nSPS) is 29.4. The molecule has 2 aliphatic rings. The van der Waals surface area contributed by atoms with Gasteiger partial charge in [-0.3, -0.25) is 11.3 Å². The summed E-state index contributed by atoms with van der Waals surface area (Å²) < 4.78 is 5.78. The van der Waals surface area contributed by atoms with E-state index in [9.17, 15) is 0 Å². The quantitative estimate of drug-likeness (QED) is 0.559. The molecule has 3 N–H and O–H groups in total. The summed E-state index contributed by atoms with van der Waals surface area (Å²) in [6.45, 7) is 0.950. The van der Waals surface area contributed by atoms with Gasteiger partial charge in [0.25, 0.3) is 0 Å². The van der Waals surface area contributed by atoms with Crippen molar-refractivity contribution in [3.8, 4) is 0 Å². The van der Waals surface area contributed by atoms with Gasteiger partial charge in [-0.1, -0.05) is 25.7 Å². The van der Waals surface area contributed by atoms with E-state index in [1.54, 1.807) is 0 Å². The Kier molecular flexibility index (Phi) is 5.07. The van der Waals surface area contributed by atoms with E-state index < -0.39 is 0 Å². The van der Waals surface area contributed by atoms with E-state index in [1.165, 1.54) is 51.4 Å². The smallest absolute Gasteiger partial charge is 0.0590 e. The predicted molar refractivity (Wildman–Crippen MR) is 65.9 cm³/mol. The van der Waals surface area contributed by atoms with Crippen LogP contribution in [0.25, 0.3) is 0 Å². The Morgan fingerprint density at radius 2 is 1.81 bits per heavy atom. The maximum absolute atomic E-state index is 5.78. The number of rotatable bonds is 5. The Balaban J connectivity index is 1.70. The van der Waals surface area contributed by atoms with Crippen molar-refractivity contribution in [2.24, 2.45) is 11.8 Å². The lowest BCUT2D eigenvalue weighted by atomic mass is 9.93. The fourth-order valence-corrected chi connectivity index (χ4v) is 3.19. The van der Waals surface area contributed by atoms with Gasteiger partial charge in [0, 0.05) is 12.6 Å². The molecule has 0 aromatic heterocycles. The van der Waals surface area contributed by atoms with Crippen LogP contribution in [0, 0.1) is 5.92 Å². The topological polar surface area (TPSA) is 47.3 Å². The molecular weight excluding hydrogens is 200 g/mol. The number of hydrazine groups is 1. The van der Waals surface area contributed by atoms with Crippen molar-refractivity contribution in [2.75, 3.05) is 6.61 Å². The Morgan fingerprint density at radius 1 is 1.06 bits per heavy atom. The minimum absolute atomic E-state index is 0.455. The lowest BCUT2D eigenvalue weighted by Gasteiger charge is -2.28. The SMILES string of the molecule is NNC(CC1CCCC1)CC1CCCCO1. The molecular formula is C13H26N2O. The van der Waals surface area contributed by atoms with E-state index in [2.05, 4.69) is 5.43 Å². The first-order chi connectivity index (χ1) is 7.88. The van der Waals surface area contributed by atoms with Gasteiger partial charge >= 0.3 is 0 Å². The molecule has 1 aliphatic heterocycles. The van der Waals surface area contributed by atoms with Gasteiger partial charge in [-0.05, 0) is 38.0 Å². The van der Waals surface area contributed by atoms with Gasteiger partial charge in [-0.2, -0.15) is 0 Å². The van der Waals surface area contributed by atoms with Gasteiger partial charge in [0.05, 0.1) is 6.10 Å². The molecule has 1 heterocycles. The summed E-state index contributed by atoms with van der Waals surface area (Å²) >= 11 is 0. The summed E-state index contributed by atoms with van der Waals surface area (Å²) in [7, 11) is 0. The van der Waals surface area contributed by atoms with Crippen LogP contribution in [0.5, 0.6) is 0 Å². The number of hydrogen-bond acceptors (Lipinski definition) is 3. The fraction of sp³-hybridized carbons (Fsp3) is 1.00. The Labute approximate surface area is 99.1 Å². The third-order valence-corrected chi connectivity index (χ3v) is 4.15. The minimum atomic E-state index is 0.455. The average molecular weight is 226 g/mol. The van der Waals surface area contributed by atoms with Crippen LogP contribution in [0.4, 0.5) is 0 Å². The maximum atomic E-state index is 5.78. The van der Waals surface area contributed by atoms with E-state index >= 15 is 0 Å². The van der Waals surface area contributed by atoms with Gasteiger partial charge in [-0.25, -0.2) is 0 Å². The van der Waals surface area contributed by atoms with Crippen molar-refractivity contribution in [2.45, 2.75) is 69.9 Å². The minimum Gasteiger partial charge on any atom is -0.378 e. The maximum Gasteiger partial charge on any atom is 0.0590 e. The van der Waals surface area contributed by atoms with Crippen molar-refractivity contribution in [1.82, 2.24) is 5.43 Å². The monoisotopic (exact) mass is 226 g/mol. The highest BCUT2D eigenvalue weighted by Gasteiger charge is 2.23. The van der Waals surface area contributed by atoms with Crippen LogP contribution in [0.2, 0.25) is 0 Å². The van der Waals surface area contributed by atoms with Gasteiger partial charge in [0.2, 0.25) is 0 Å². The van der Waals surface area contributed by atoms with E-state index in [-0.39, 0.29) is 0 Å². The van der Waals surface area contributed by atoms with Crippen LogP contribution >= 0.6 is 0 Å². The molecule has 0 bridgehead atoms. The summed E-state index contributed by atoms with van der Waals surface area (Å²) in [6, 6.07) is 0.464.